The first-order valence-corrected chi connectivity index (χ1v) is 4.28. The van der Waals surface area contributed by atoms with E-state index in [1.807, 2.05) is 0 Å². The quantitative estimate of drug-likeness (QED) is 0.423. The van der Waals surface area contributed by atoms with Crippen molar-refractivity contribution >= 4 is 22.6 Å². The monoisotopic (exact) mass is 208 g/mol. The van der Waals surface area contributed by atoms with E-state index in [0.29, 0.717) is 0 Å². The molecule has 0 bridgehead atoms. The van der Waals surface area contributed by atoms with E-state index in [1.165, 1.54) is 31.1 Å². The van der Waals surface area contributed by atoms with Crippen LogP contribution in [0, 0.1) is 11.8 Å². The summed E-state index contributed by atoms with van der Waals surface area (Å²) in [5.74, 6) is 2.33. The number of hydrogen-bond donors (Lipinski definition) is 0. The van der Waals surface area contributed by atoms with Gasteiger partial charge in [-0.05, 0) is 24.7 Å². The van der Waals surface area contributed by atoms with Gasteiger partial charge in [-0.1, -0.05) is 29.0 Å². The summed E-state index contributed by atoms with van der Waals surface area (Å²) in [6.45, 7) is 0. The predicted octanol–water partition coefficient (Wildman–Crippen LogP) is 2.22. The van der Waals surface area contributed by atoms with E-state index in [-0.39, 0.29) is 0 Å². The molecule has 7 heavy (non-hydrogen) atoms. The third-order valence-corrected chi connectivity index (χ3v) is 4.15. The highest BCUT2D eigenvalue weighted by atomic mass is 127. The van der Waals surface area contributed by atoms with Crippen molar-refractivity contribution < 1.29 is 0 Å². The average Bonchev–Trinajstić information content (AvgIpc) is 2.26. The Hall–Kier alpha value is 0.730. The van der Waals surface area contributed by atoms with Gasteiger partial charge in [0.25, 0.3) is 0 Å². The van der Waals surface area contributed by atoms with Gasteiger partial charge in [-0.25, -0.2) is 0 Å². The van der Waals surface area contributed by atoms with Gasteiger partial charge < -0.3 is 0 Å². The zero-order valence-corrected chi connectivity index (χ0v) is 6.39. The second-order valence-corrected chi connectivity index (χ2v) is 4.14. The van der Waals surface area contributed by atoms with E-state index in [1.54, 1.807) is 0 Å². The van der Waals surface area contributed by atoms with Gasteiger partial charge in [0.05, 0.1) is 0 Å². The van der Waals surface area contributed by atoms with Crippen molar-refractivity contribution in [1.82, 2.24) is 0 Å². The summed E-state index contributed by atoms with van der Waals surface area (Å²) in [6, 6.07) is 0. The summed E-state index contributed by atoms with van der Waals surface area (Å²) >= 11 is 2.59. The molecular formula is C6H9I. The summed E-state index contributed by atoms with van der Waals surface area (Å²) in [7, 11) is 0. The van der Waals surface area contributed by atoms with Gasteiger partial charge in [-0.15, -0.1) is 0 Å². The van der Waals surface area contributed by atoms with Crippen molar-refractivity contribution in [1.29, 1.82) is 0 Å². The molecule has 2 saturated carbocycles. The molecule has 2 fully saturated rings. The van der Waals surface area contributed by atoms with Crippen LogP contribution in [0.15, 0.2) is 0 Å². The van der Waals surface area contributed by atoms with Crippen LogP contribution in [0.3, 0.4) is 0 Å². The van der Waals surface area contributed by atoms with Gasteiger partial charge in [0, 0.05) is 3.92 Å². The lowest BCUT2D eigenvalue weighted by atomic mass is 10.3. The summed E-state index contributed by atoms with van der Waals surface area (Å²) < 4.78 is 1.09. The van der Waals surface area contributed by atoms with Crippen molar-refractivity contribution in [2.45, 2.75) is 23.2 Å². The minimum atomic E-state index is 1.09. The lowest BCUT2D eigenvalue weighted by Crippen LogP contribution is -1.78. The second-order valence-electron chi connectivity index (χ2n) is 2.70. The van der Waals surface area contributed by atoms with Crippen LogP contribution in [-0.2, 0) is 0 Å². The van der Waals surface area contributed by atoms with E-state index >= 15 is 0 Å². The Morgan fingerprint density at radius 2 is 1.71 bits per heavy atom. The van der Waals surface area contributed by atoms with Crippen LogP contribution < -0.4 is 0 Å². The molecule has 0 amide bonds. The number of halogens is 1. The molecule has 0 nitrogen and oxygen atoms in total. The fraction of sp³-hybridized carbons (Fsp3) is 1.00. The molecule has 0 saturated heterocycles. The lowest BCUT2D eigenvalue weighted by Gasteiger charge is -1.88. The molecule has 2 aliphatic rings. The SMILES string of the molecule is IC1C2CCCC12. The summed E-state index contributed by atoms with van der Waals surface area (Å²) in [5.41, 5.74) is 0. The van der Waals surface area contributed by atoms with E-state index < -0.39 is 0 Å². The lowest BCUT2D eigenvalue weighted by molar-refractivity contribution is 0.751. The Labute approximate surface area is 57.8 Å². The smallest absolute Gasteiger partial charge is 0.0172 e. The fourth-order valence-corrected chi connectivity index (χ4v) is 3.28. The van der Waals surface area contributed by atoms with Crippen LogP contribution in [0.4, 0.5) is 0 Å². The predicted molar refractivity (Wildman–Crippen MR) is 38.6 cm³/mol. The molecule has 0 spiro atoms. The number of rotatable bonds is 0. The van der Waals surface area contributed by atoms with Crippen LogP contribution in [0.25, 0.3) is 0 Å². The fourth-order valence-electron chi connectivity index (χ4n) is 1.73. The van der Waals surface area contributed by atoms with Crippen LogP contribution in [0.1, 0.15) is 19.3 Å². The molecule has 0 heterocycles. The van der Waals surface area contributed by atoms with Gasteiger partial charge in [-0.3, -0.25) is 0 Å². The molecule has 2 rings (SSSR count). The highest BCUT2D eigenvalue weighted by Gasteiger charge is 2.50. The Balaban J connectivity index is 2.06. The maximum atomic E-state index is 2.59. The van der Waals surface area contributed by atoms with Crippen LogP contribution in [-0.4, -0.2) is 3.92 Å². The maximum absolute atomic E-state index is 2.59. The molecule has 0 aliphatic heterocycles. The van der Waals surface area contributed by atoms with E-state index in [0.717, 1.165) is 3.92 Å². The minimum absolute atomic E-state index is 1.09. The van der Waals surface area contributed by atoms with E-state index in [2.05, 4.69) is 22.6 Å². The summed E-state index contributed by atoms with van der Waals surface area (Å²) in [5, 5.41) is 0. The number of alkyl halides is 1. The Morgan fingerprint density at radius 3 is 2.00 bits per heavy atom. The van der Waals surface area contributed by atoms with Crippen molar-refractivity contribution in [2.24, 2.45) is 11.8 Å². The van der Waals surface area contributed by atoms with Gasteiger partial charge >= 0.3 is 0 Å². The van der Waals surface area contributed by atoms with Crippen LogP contribution >= 0.6 is 22.6 Å². The van der Waals surface area contributed by atoms with Crippen molar-refractivity contribution in [3.8, 4) is 0 Å². The molecule has 2 aliphatic carbocycles. The zero-order chi connectivity index (χ0) is 4.85. The molecule has 2 atom stereocenters. The molecule has 0 aromatic rings. The molecule has 0 radical (unpaired) electrons. The first-order valence-electron chi connectivity index (χ1n) is 3.03. The van der Waals surface area contributed by atoms with Crippen molar-refractivity contribution in [3.05, 3.63) is 0 Å². The minimum Gasteiger partial charge on any atom is -0.0820 e. The van der Waals surface area contributed by atoms with Gasteiger partial charge in [-0.2, -0.15) is 0 Å². The molecule has 0 N–H and O–H groups in total. The largest absolute Gasteiger partial charge is 0.0820 e. The van der Waals surface area contributed by atoms with Gasteiger partial charge in [0.1, 0.15) is 0 Å². The molecule has 2 unspecified atom stereocenters. The number of fused-ring (bicyclic) bond motifs is 1. The van der Waals surface area contributed by atoms with Crippen LogP contribution in [0.5, 0.6) is 0 Å². The Kier molecular flexibility index (Phi) is 0.895. The van der Waals surface area contributed by atoms with Gasteiger partial charge in [0.15, 0.2) is 0 Å². The topological polar surface area (TPSA) is 0 Å². The van der Waals surface area contributed by atoms with Crippen molar-refractivity contribution in [3.63, 3.8) is 0 Å². The first-order chi connectivity index (χ1) is 3.39. The Morgan fingerprint density at radius 1 is 1.14 bits per heavy atom. The molecule has 1 heteroatoms. The molecule has 40 valence electrons. The van der Waals surface area contributed by atoms with Crippen LogP contribution in [0.2, 0.25) is 0 Å². The van der Waals surface area contributed by atoms with E-state index in [9.17, 15) is 0 Å². The molecule has 0 aromatic carbocycles. The third kappa shape index (κ3) is 0.538. The van der Waals surface area contributed by atoms with E-state index in [4.69, 9.17) is 0 Å². The standard InChI is InChI=1S/C6H9I/c7-6-4-2-1-3-5(4)6/h4-6H,1-3H2. The highest BCUT2D eigenvalue weighted by Crippen LogP contribution is 2.56. The maximum Gasteiger partial charge on any atom is 0.0172 e. The molecular weight excluding hydrogens is 199 g/mol. The van der Waals surface area contributed by atoms with Crippen molar-refractivity contribution in [2.75, 3.05) is 0 Å². The number of hydrogen-bond acceptors (Lipinski definition) is 0. The van der Waals surface area contributed by atoms with Gasteiger partial charge in [0.2, 0.25) is 0 Å². The summed E-state index contributed by atoms with van der Waals surface area (Å²) in [6.07, 6.45) is 4.60. The average molecular weight is 208 g/mol. The normalized spacial score (nSPS) is 57.0. The highest BCUT2D eigenvalue weighted by molar-refractivity contribution is 14.1. The third-order valence-electron chi connectivity index (χ3n) is 2.30. The second kappa shape index (κ2) is 1.36. The zero-order valence-electron chi connectivity index (χ0n) is 4.23. The summed E-state index contributed by atoms with van der Waals surface area (Å²) in [4.78, 5) is 0. The molecule has 0 aromatic heterocycles. The Bertz CT molecular complexity index is 80.2. The first kappa shape index (κ1) is 4.59.